The molecule has 2 heteroatoms. The molecule has 0 amide bonds. The summed E-state index contributed by atoms with van der Waals surface area (Å²) in [6, 6.07) is 0. The molecule has 0 aliphatic rings. The van der Waals surface area contributed by atoms with Gasteiger partial charge in [0.05, 0.1) is 5.88 Å². The van der Waals surface area contributed by atoms with Gasteiger partial charge in [-0.2, -0.15) is 0 Å². The lowest BCUT2D eigenvalue weighted by molar-refractivity contribution is -0.116. The summed E-state index contributed by atoms with van der Waals surface area (Å²) >= 11 is 5.44. The number of Topliss-reactive ketones (excluding diaryl/α,β-unsaturated/α-hetero) is 1. The molecular weight excluding hydrogens is 280 g/mol. The predicted octanol–water partition coefficient (Wildman–Crippen LogP) is 6.38. The van der Waals surface area contributed by atoms with Gasteiger partial charge in [0.2, 0.25) is 0 Å². The summed E-state index contributed by atoms with van der Waals surface area (Å²) < 4.78 is 0. The fourth-order valence-corrected chi connectivity index (χ4v) is 2.07. The molecule has 120 valence electrons. The van der Waals surface area contributed by atoms with Crippen molar-refractivity contribution in [2.75, 3.05) is 5.88 Å². The van der Waals surface area contributed by atoms with Gasteiger partial charge in [0.25, 0.3) is 0 Å². The van der Waals surface area contributed by atoms with E-state index in [0.29, 0.717) is 6.42 Å². The molecule has 0 fully saturated rings. The van der Waals surface area contributed by atoms with Crippen LogP contribution in [0.5, 0.6) is 0 Å². The SMILES string of the molecule is CCCCC/C=C\C/C=C\C/C=C\CCCCC(=O)CCl. The molecule has 0 atom stereocenters. The number of hydrogen-bond acceptors (Lipinski definition) is 1. The molecular formula is C19H31ClO. The standard InChI is InChI=1S/C19H31ClO/c1-2-3-4-5-6-7-8-9-10-11-12-13-14-15-16-17-19(21)18-20/h6-7,9-10,12-13H,2-5,8,11,14-18H2,1H3/b7-6-,10-9-,13-12-. The molecule has 0 rings (SSSR count). The van der Waals surface area contributed by atoms with Crippen LogP contribution in [0.2, 0.25) is 0 Å². The third-order valence-electron chi connectivity index (χ3n) is 3.24. The molecule has 21 heavy (non-hydrogen) atoms. The predicted molar refractivity (Wildman–Crippen MR) is 95.0 cm³/mol. The van der Waals surface area contributed by atoms with Crippen molar-refractivity contribution in [1.29, 1.82) is 0 Å². The van der Waals surface area contributed by atoms with Crippen LogP contribution in [0.3, 0.4) is 0 Å². The van der Waals surface area contributed by atoms with Crippen molar-refractivity contribution in [1.82, 2.24) is 0 Å². The van der Waals surface area contributed by atoms with Gasteiger partial charge in [-0.1, -0.05) is 56.2 Å². The van der Waals surface area contributed by atoms with Crippen molar-refractivity contribution in [3.8, 4) is 0 Å². The summed E-state index contributed by atoms with van der Waals surface area (Å²) in [7, 11) is 0. The maximum atomic E-state index is 11.0. The molecule has 0 aliphatic carbocycles. The zero-order valence-corrected chi connectivity index (χ0v) is 14.3. The zero-order chi connectivity index (χ0) is 15.6. The Kier molecular flexibility index (Phi) is 16.6. The highest BCUT2D eigenvalue weighted by molar-refractivity contribution is 6.27. The number of halogens is 1. The summed E-state index contributed by atoms with van der Waals surface area (Å²) in [5, 5.41) is 0. The average molecular weight is 311 g/mol. The van der Waals surface area contributed by atoms with Crippen LogP contribution in [-0.2, 0) is 4.79 Å². The molecule has 0 saturated carbocycles. The van der Waals surface area contributed by atoms with Crippen molar-refractivity contribution in [3.05, 3.63) is 36.5 Å². The van der Waals surface area contributed by atoms with Gasteiger partial charge >= 0.3 is 0 Å². The second-order valence-corrected chi connectivity index (χ2v) is 5.57. The number of ketones is 1. The highest BCUT2D eigenvalue weighted by Crippen LogP contribution is 2.03. The highest BCUT2D eigenvalue weighted by Gasteiger charge is 1.97. The van der Waals surface area contributed by atoms with Crippen LogP contribution in [0.4, 0.5) is 0 Å². The minimum Gasteiger partial charge on any atom is -0.298 e. The molecule has 0 bridgehead atoms. The van der Waals surface area contributed by atoms with E-state index >= 15 is 0 Å². The van der Waals surface area contributed by atoms with Gasteiger partial charge in [-0.3, -0.25) is 4.79 Å². The minimum atomic E-state index is 0.159. The average Bonchev–Trinajstić information content (AvgIpc) is 2.50. The number of carbonyl (C=O) groups excluding carboxylic acids is 1. The first-order valence-electron chi connectivity index (χ1n) is 8.34. The van der Waals surface area contributed by atoms with Crippen molar-refractivity contribution < 1.29 is 4.79 Å². The van der Waals surface area contributed by atoms with Gasteiger partial charge in [0.1, 0.15) is 5.78 Å². The lowest BCUT2D eigenvalue weighted by atomic mass is 10.1. The van der Waals surface area contributed by atoms with Gasteiger partial charge in [-0.15, -0.1) is 11.6 Å². The van der Waals surface area contributed by atoms with Crippen molar-refractivity contribution in [2.24, 2.45) is 0 Å². The van der Waals surface area contributed by atoms with E-state index in [-0.39, 0.29) is 11.7 Å². The van der Waals surface area contributed by atoms with Crippen molar-refractivity contribution in [2.45, 2.75) is 71.1 Å². The van der Waals surface area contributed by atoms with E-state index in [9.17, 15) is 4.79 Å². The molecule has 1 nitrogen and oxygen atoms in total. The fourth-order valence-electron chi connectivity index (χ4n) is 1.94. The Morgan fingerprint density at radius 3 is 1.86 bits per heavy atom. The first kappa shape index (κ1) is 20.2. The molecule has 0 aromatic heterocycles. The first-order chi connectivity index (χ1) is 10.3. The van der Waals surface area contributed by atoms with Crippen LogP contribution in [0.25, 0.3) is 0 Å². The van der Waals surface area contributed by atoms with E-state index in [1.165, 1.54) is 25.7 Å². The van der Waals surface area contributed by atoms with E-state index in [0.717, 1.165) is 32.1 Å². The Labute approximate surface area is 136 Å². The molecule has 0 N–H and O–H groups in total. The zero-order valence-electron chi connectivity index (χ0n) is 13.5. The first-order valence-corrected chi connectivity index (χ1v) is 8.87. The van der Waals surface area contributed by atoms with Crippen molar-refractivity contribution in [3.63, 3.8) is 0 Å². The minimum absolute atomic E-state index is 0.159. The van der Waals surface area contributed by atoms with Gasteiger partial charge in [-0.05, 0) is 44.9 Å². The third-order valence-corrected chi connectivity index (χ3v) is 3.54. The summed E-state index contributed by atoms with van der Waals surface area (Å²) in [5.41, 5.74) is 0. The summed E-state index contributed by atoms with van der Waals surface area (Å²) in [5.74, 6) is 0.319. The van der Waals surface area contributed by atoms with Gasteiger partial charge in [-0.25, -0.2) is 0 Å². The molecule has 0 unspecified atom stereocenters. The lowest BCUT2D eigenvalue weighted by Crippen LogP contribution is -1.97. The Morgan fingerprint density at radius 1 is 0.810 bits per heavy atom. The van der Waals surface area contributed by atoms with Crippen LogP contribution in [0.15, 0.2) is 36.5 Å². The molecule has 0 spiro atoms. The van der Waals surface area contributed by atoms with E-state index in [4.69, 9.17) is 11.6 Å². The second-order valence-electron chi connectivity index (χ2n) is 5.30. The van der Waals surface area contributed by atoms with E-state index in [1.807, 2.05) is 0 Å². The number of rotatable bonds is 14. The molecule has 0 aromatic rings. The second kappa shape index (κ2) is 17.2. The summed E-state index contributed by atoms with van der Waals surface area (Å²) in [4.78, 5) is 11.0. The van der Waals surface area contributed by atoms with Crippen molar-refractivity contribution >= 4 is 17.4 Å². The topological polar surface area (TPSA) is 17.1 Å². The normalized spacial score (nSPS) is 12.1. The Bertz CT molecular complexity index is 316. The Hall–Kier alpha value is -0.820. The molecule has 0 heterocycles. The van der Waals surface area contributed by atoms with Gasteiger partial charge in [0.15, 0.2) is 0 Å². The molecule has 0 radical (unpaired) electrons. The molecule has 0 aromatic carbocycles. The lowest BCUT2D eigenvalue weighted by Gasteiger charge is -1.95. The molecule has 0 saturated heterocycles. The van der Waals surface area contributed by atoms with Crippen LogP contribution < -0.4 is 0 Å². The van der Waals surface area contributed by atoms with E-state index in [2.05, 4.69) is 43.4 Å². The fraction of sp³-hybridized carbons (Fsp3) is 0.632. The van der Waals surface area contributed by atoms with E-state index in [1.54, 1.807) is 0 Å². The monoisotopic (exact) mass is 310 g/mol. The number of hydrogen-bond donors (Lipinski definition) is 0. The smallest absolute Gasteiger partial charge is 0.147 e. The number of unbranched alkanes of at least 4 members (excludes halogenated alkanes) is 5. The maximum absolute atomic E-state index is 11.0. The van der Waals surface area contributed by atoms with Crippen LogP contribution in [0.1, 0.15) is 71.1 Å². The summed E-state index contributed by atoms with van der Waals surface area (Å²) in [6.07, 6.45) is 24.3. The summed E-state index contributed by atoms with van der Waals surface area (Å²) in [6.45, 7) is 2.24. The van der Waals surface area contributed by atoms with Crippen LogP contribution in [-0.4, -0.2) is 11.7 Å². The van der Waals surface area contributed by atoms with Gasteiger partial charge < -0.3 is 0 Å². The third kappa shape index (κ3) is 17.1. The van der Waals surface area contributed by atoms with E-state index < -0.39 is 0 Å². The Morgan fingerprint density at radius 2 is 1.33 bits per heavy atom. The number of alkyl halides is 1. The Balaban J connectivity index is 3.34. The van der Waals surface area contributed by atoms with Gasteiger partial charge in [0, 0.05) is 6.42 Å². The molecule has 0 aliphatic heterocycles. The quantitative estimate of drug-likeness (QED) is 0.206. The highest BCUT2D eigenvalue weighted by atomic mass is 35.5. The number of allylic oxidation sites excluding steroid dienone is 6. The largest absolute Gasteiger partial charge is 0.298 e. The maximum Gasteiger partial charge on any atom is 0.147 e. The van der Waals surface area contributed by atoms with Crippen LogP contribution in [0, 0.1) is 0 Å². The van der Waals surface area contributed by atoms with Crippen LogP contribution >= 0.6 is 11.6 Å². The number of carbonyl (C=O) groups is 1.